The molecule has 8 nitrogen and oxygen atoms in total. The zero-order valence-corrected chi connectivity index (χ0v) is 19.3. The normalized spacial score (nSPS) is 14.9. The van der Waals surface area contributed by atoms with Crippen LogP contribution in [0.4, 0.5) is 17.5 Å². The molecule has 3 aromatic rings. The maximum Gasteiger partial charge on any atom is 0.243 e. The number of piperazine rings is 1. The Labute approximate surface area is 188 Å². The fraction of sp³-hybridized carbons (Fsp3) is 0.304. The molecule has 1 aliphatic heterocycles. The van der Waals surface area contributed by atoms with E-state index in [1.807, 2.05) is 44.2 Å². The Morgan fingerprint density at radius 2 is 1.66 bits per heavy atom. The number of nitrogens with one attached hydrogen (secondary N) is 1. The highest BCUT2D eigenvalue weighted by atomic mass is 32.2. The summed E-state index contributed by atoms with van der Waals surface area (Å²) in [6.45, 7) is 5.81. The van der Waals surface area contributed by atoms with Crippen LogP contribution >= 0.6 is 0 Å². The number of benzene rings is 2. The predicted molar refractivity (Wildman–Crippen MR) is 125 cm³/mol. The van der Waals surface area contributed by atoms with E-state index in [1.54, 1.807) is 24.3 Å². The molecule has 0 aliphatic carbocycles. The van der Waals surface area contributed by atoms with E-state index >= 15 is 0 Å². The monoisotopic (exact) mass is 453 g/mol. The van der Waals surface area contributed by atoms with Crippen molar-refractivity contribution >= 4 is 27.5 Å². The molecule has 0 spiro atoms. The van der Waals surface area contributed by atoms with E-state index in [-0.39, 0.29) is 4.90 Å². The van der Waals surface area contributed by atoms with Gasteiger partial charge in [-0.15, -0.1) is 0 Å². The minimum atomic E-state index is -3.58. The molecule has 1 saturated heterocycles. The smallest absolute Gasteiger partial charge is 0.243 e. The summed E-state index contributed by atoms with van der Waals surface area (Å²) in [6, 6.07) is 16.5. The van der Waals surface area contributed by atoms with Gasteiger partial charge in [-0.25, -0.2) is 13.4 Å². The van der Waals surface area contributed by atoms with Gasteiger partial charge in [0.15, 0.2) is 0 Å². The molecule has 1 N–H and O–H groups in total. The van der Waals surface area contributed by atoms with E-state index in [4.69, 9.17) is 4.74 Å². The van der Waals surface area contributed by atoms with E-state index in [1.165, 1.54) is 17.0 Å². The molecule has 0 saturated carbocycles. The van der Waals surface area contributed by atoms with Gasteiger partial charge in [-0.05, 0) is 38.1 Å². The number of anilines is 3. The van der Waals surface area contributed by atoms with Crippen molar-refractivity contribution in [1.29, 1.82) is 0 Å². The summed E-state index contributed by atoms with van der Waals surface area (Å²) in [5, 5.41) is 3.25. The molecule has 0 atom stereocenters. The molecule has 1 aliphatic rings. The van der Waals surface area contributed by atoms with Crippen LogP contribution in [0, 0.1) is 13.8 Å². The second kappa shape index (κ2) is 9.13. The number of hydrogen-bond donors (Lipinski definition) is 1. The van der Waals surface area contributed by atoms with Crippen molar-refractivity contribution < 1.29 is 13.2 Å². The van der Waals surface area contributed by atoms with Crippen molar-refractivity contribution in [3.8, 4) is 5.75 Å². The molecule has 32 heavy (non-hydrogen) atoms. The van der Waals surface area contributed by atoms with Crippen molar-refractivity contribution in [3.05, 3.63) is 65.9 Å². The third kappa shape index (κ3) is 4.84. The maximum absolute atomic E-state index is 13.1. The quantitative estimate of drug-likeness (QED) is 0.612. The zero-order valence-electron chi connectivity index (χ0n) is 18.4. The van der Waals surface area contributed by atoms with Gasteiger partial charge >= 0.3 is 0 Å². The van der Waals surface area contributed by atoms with E-state index < -0.39 is 10.0 Å². The number of aryl methyl sites for hydroxylation is 2. The molecule has 0 radical (unpaired) electrons. The van der Waals surface area contributed by atoms with E-state index in [0.29, 0.717) is 37.9 Å². The molecular formula is C23H27N5O3S. The summed E-state index contributed by atoms with van der Waals surface area (Å²) < 4.78 is 32.8. The average Bonchev–Trinajstić information content (AvgIpc) is 2.80. The molecule has 0 amide bonds. The van der Waals surface area contributed by atoms with Gasteiger partial charge in [-0.3, -0.25) is 0 Å². The van der Waals surface area contributed by atoms with Crippen LogP contribution in [-0.2, 0) is 10.0 Å². The number of nitrogens with zero attached hydrogens (tertiary/aromatic N) is 4. The van der Waals surface area contributed by atoms with Crippen molar-refractivity contribution in [2.45, 2.75) is 18.7 Å². The number of sulfonamides is 1. The number of ether oxygens (including phenoxy) is 1. The van der Waals surface area contributed by atoms with Crippen molar-refractivity contribution in [3.63, 3.8) is 0 Å². The first-order chi connectivity index (χ1) is 15.3. The van der Waals surface area contributed by atoms with Crippen molar-refractivity contribution in [2.24, 2.45) is 0 Å². The van der Waals surface area contributed by atoms with Gasteiger partial charge in [0.25, 0.3) is 0 Å². The average molecular weight is 454 g/mol. The Bertz CT molecular complexity index is 1190. The van der Waals surface area contributed by atoms with Crippen LogP contribution in [0.2, 0.25) is 0 Å². The number of rotatable bonds is 6. The van der Waals surface area contributed by atoms with Gasteiger partial charge in [-0.2, -0.15) is 9.29 Å². The zero-order chi connectivity index (χ0) is 22.7. The highest BCUT2D eigenvalue weighted by Gasteiger charge is 2.29. The summed E-state index contributed by atoms with van der Waals surface area (Å²) in [5.41, 5.74) is 2.94. The topological polar surface area (TPSA) is 87.7 Å². The molecule has 1 fully saturated rings. The molecule has 168 valence electrons. The number of hydrogen-bond acceptors (Lipinski definition) is 7. The summed E-state index contributed by atoms with van der Waals surface area (Å²) in [6.07, 6.45) is 0. The van der Waals surface area contributed by atoms with Gasteiger partial charge < -0.3 is 15.0 Å². The molecule has 4 rings (SSSR count). The summed E-state index contributed by atoms with van der Waals surface area (Å²) in [7, 11) is -2.06. The van der Waals surface area contributed by atoms with Gasteiger partial charge in [-0.1, -0.05) is 23.8 Å². The van der Waals surface area contributed by atoms with Gasteiger partial charge in [0, 0.05) is 49.7 Å². The Morgan fingerprint density at radius 3 is 2.34 bits per heavy atom. The molecule has 2 aromatic carbocycles. The van der Waals surface area contributed by atoms with Crippen molar-refractivity contribution in [1.82, 2.24) is 14.3 Å². The number of methoxy groups -OCH3 is 1. The van der Waals surface area contributed by atoms with Gasteiger partial charge in [0.2, 0.25) is 16.0 Å². The van der Waals surface area contributed by atoms with Gasteiger partial charge in [0.1, 0.15) is 11.6 Å². The highest BCUT2D eigenvalue weighted by molar-refractivity contribution is 7.89. The van der Waals surface area contributed by atoms with Gasteiger partial charge in [0.05, 0.1) is 12.0 Å². The highest BCUT2D eigenvalue weighted by Crippen LogP contribution is 2.24. The lowest BCUT2D eigenvalue weighted by molar-refractivity contribution is 0.382. The number of aromatic nitrogens is 2. The fourth-order valence-corrected chi connectivity index (χ4v) is 5.06. The maximum atomic E-state index is 13.1. The summed E-state index contributed by atoms with van der Waals surface area (Å²) in [5.74, 6) is 1.83. The summed E-state index contributed by atoms with van der Waals surface area (Å²) in [4.78, 5) is 11.5. The Morgan fingerprint density at radius 1 is 0.938 bits per heavy atom. The van der Waals surface area contributed by atoms with Crippen LogP contribution in [-0.4, -0.2) is 56.0 Å². The minimum Gasteiger partial charge on any atom is -0.497 e. The van der Waals surface area contributed by atoms with E-state index in [0.717, 1.165) is 17.2 Å². The summed E-state index contributed by atoms with van der Waals surface area (Å²) >= 11 is 0. The third-order valence-electron chi connectivity index (χ3n) is 5.39. The second-order valence-electron chi connectivity index (χ2n) is 7.75. The Balaban J connectivity index is 1.47. The van der Waals surface area contributed by atoms with E-state index in [9.17, 15) is 8.42 Å². The molecule has 2 heterocycles. The van der Waals surface area contributed by atoms with E-state index in [2.05, 4.69) is 20.2 Å². The lowest BCUT2D eigenvalue weighted by Crippen LogP contribution is -2.49. The SMILES string of the molecule is COc1cccc(S(=O)(=O)N2CCN(c3cc(C)nc(Nc4ccc(C)cc4)n3)CC2)c1. The van der Waals surface area contributed by atoms with Crippen LogP contribution in [0.5, 0.6) is 5.75 Å². The van der Waals surface area contributed by atoms with Crippen molar-refractivity contribution in [2.75, 3.05) is 43.5 Å². The van der Waals surface area contributed by atoms with Crippen LogP contribution in [0.3, 0.4) is 0 Å². The standard InChI is InChI=1S/C23H27N5O3S/c1-17-7-9-19(10-8-17)25-23-24-18(2)15-22(26-23)27-11-13-28(14-12-27)32(29,30)21-6-4-5-20(16-21)31-3/h4-10,15-16H,11-14H2,1-3H3,(H,24,25,26). The lowest BCUT2D eigenvalue weighted by Gasteiger charge is -2.34. The fourth-order valence-electron chi connectivity index (χ4n) is 3.60. The largest absolute Gasteiger partial charge is 0.497 e. The Hall–Kier alpha value is -3.17. The predicted octanol–water partition coefficient (Wildman–Crippen LogP) is 3.36. The second-order valence-corrected chi connectivity index (χ2v) is 9.69. The minimum absolute atomic E-state index is 0.243. The molecule has 1 aromatic heterocycles. The van der Waals surface area contributed by atoms with Crippen LogP contribution in [0.15, 0.2) is 59.5 Å². The Kier molecular flexibility index (Phi) is 6.29. The first-order valence-electron chi connectivity index (χ1n) is 10.4. The first kappa shape index (κ1) is 22.0. The molecule has 0 bridgehead atoms. The molecule has 9 heteroatoms. The lowest BCUT2D eigenvalue weighted by atomic mass is 10.2. The molecular weight excluding hydrogens is 426 g/mol. The first-order valence-corrected chi connectivity index (χ1v) is 11.9. The van der Waals surface area contributed by atoms with Crippen LogP contribution in [0.25, 0.3) is 0 Å². The molecule has 0 unspecified atom stereocenters. The third-order valence-corrected chi connectivity index (χ3v) is 7.28. The van der Waals surface area contributed by atoms with Crippen LogP contribution in [0.1, 0.15) is 11.3 Å². The van der Waals surface area contributed by atoms with Crippen LogP contribution < -0.4 is 15.0 Å².